The van der Waals surface area contributed by atoms with Crippen LogP contribution in [0.15, 0.2) is 11.6 Å². The third kappa shape index (κ3) is 2.17. The van der Waals surface area contributed by atoms with Gasteiger partial charge in [-0.2, -0.15) is 0 Å². The summed E-state index contributed by atoms with van der Waals surface area (Å²) in [5, 5.41) is 11.9. The number of aliphatic hydroxyl groups is 1. The summed E-state index contributed by atoms with van der Waals surface area (Å²) >= 11 is 0. The van der Waals surface area contributed by atoms with E-state index in [9.17, 15) is 14.7 Å². The molecule has 2 heterocycles. The summed E-state index contributed by atoms with van der Waals surface area (Å²) < 4.78 is 10.8. The summed E-state index contributed by atoms with van der Waals surface area (Å²) in [6.07, 6.45) is 6.14. The van der Waals surface area contributed by atoms with Gasteiger partial charge < -0.3 is 14.6 Å². The zero-order valence-corrected chi connectivity index (χ0v) is 15.3. The Labute approximate surface area is 148 Å². The van der Waals surface area contributed by atoms with Crippen molar-refractivity contribution in [1.82, 2.24) is 0 Å². The average Bonchev–Trinajstić information content (AvgIpc) is 3.06. The zero-order valence-electron chi connectivity index (χ0n) is 15.3. The number of carbonyl (C=O) groups excluding carboxylic acids is 2. The molecule has 2 aliphatic heterocycles. The van der Waals surface area contributed by atoms with E-state index in [1.165, 1.54) is 0 Å². The molecule has 1 N–H and O–H groups in total. The first-order valence-electron chi connectivity index (χ1n) is 9.50. The maximum absolute atomic E-state index is 12.6. The fraction of sp³-hybridized carbons (Fsp3) is 0.800. The van der Waals surface area contributed by atoms with Crippen molar-refractivity contribution in [3.63, 3.8) is 0 Å². The van der Waals surface area contributed by atoms with Crippen molar-refractivity contribution in [3.8, 4) is 0 Å². The van der Waals surface area contributed by atoms with Crippen LogP contribution in [-0.2, 0) is 19.1 Å². The van der Waals surface area contributed by atoms with Crippen LogP contribution in [0, 0.1) is 22.7 Å². The molecule has 5 nitrogen and oxygen atoms in total. The van der Waals surface area contributed by atoms with Gasteiger partial charge in [0.1, 0.15) is 12.7 Å². The first kappa shape index (κ1) is 17.1. The Bertz CT molecular complexity index is 654. The highest BCUT2D eigenvalue weighted by Crippen LogP contribution is 2.67. The molecule has 0 aromatic heterocycles. The van der Waals surface area contributed by atoms with Crippen molar-refractivity contribution in [3.05, 3.63) is 11.6 Å². The molecule has 5 heteroatoms. The summed E-state index contributed by atoms with van der Waals surface area (Å²) in [7, 11) is 0. The summed E-state index contributed by atoms with van der Waals surface area (Å²) in [6, 6.07) is 0. The van der Waals surface area contributed by atoms with Crippen LogP contribution in [0.5, 0.6) is 0 Å². The van der Waals surface area contributed by atoms with E-state index in [4.69, 9.17) is 9.47 Å². The Morgan fingerprint density at radius 3 is 2.72 bits per heavy atom. The van der Waals surface area contributed by atoms with Crippen LogP contribution >= 0.6 is 0 Å². The Hall–Kier alpha value is -1.36. The molecule has 4 aliphatic rings. The van der Waals surface area contributed by atoms with E-state index in [0.717, 1.165) is 24.8 Å². The molecule has 0 aromatic rings. The molecule has 6 atom stereocenters. The van der Waals surface area contributed by atoms with Crippen LogP contribution < -0.4 is 0 Å². The van der Waals surface area contributed by atoms with Crippen LogP contribution in [0.4, 0.5) is 0 Å². The van der Waals surface area contributed by atoms with E-state index >= 15 is 0 Å². The average molecular weight is 348 g/mol. The molecule has 3 fully saturated rings. The Kier molecular flexibility index (Phi) is 3.63. The second kappa shape index (κ2) is 5.32. The fourth-order valence-corrected chi connectivity index (χ4v) is 6.44. The highest BCUT2D eigenvalue weighted by atomic mass is 16.6. The van der Waals surface area contributed by atoms with Crippen LogP contribution in [0.3, 0.4) is 0 Å². The van der Waals surface area contributed by atoms with Gasteiger partial charge in [-0.15, -0.1) is 0 Å². The molecule has 0 amide bonds. The van der Waals surface area contributed by atoms with Gasteiger partial charge in [-0.3, -0.25) is 4.79 Å². The first-order valence-corrected chi connectivity index (χ1v) is 9.50. The number of carbonyl (C=O) groups is 2. The van der Waals surface area contributed by atoms with Gasteiger partial charge in [0.25, 0.3) is 0 Å². The number of hydrogen-bond acceptors (Lipinski definition) is 5. The molecule has 0 bridgehead atoms. The molecule has 2 saturated carbocycles. The third-order valence-corrected chi connectivity index (χ3v) is 7.80. The van der Waals surface area contributed by atoms with Gasteiger partial charge in [-0.1, -0.05) is 20.3 Å². The summed E-state index contributed by atoms with van der Waals surface area (Å²) in [5.74, 6) is -0.254. The van der Waals surface area contributed by atoms with E-state index in [-0.39, 0.29) is 35.3 Å². The smallest absolute Gasteiger partial charge is 0.331 e. The van der Waals surface area contributed by atoms with Gasteiger partial charge in [-0.25, -0.2) is 4.79 Å². The molecule has 2 unspecified atom stereocenters. The minimum absolute atomic E-state index is 0.0469. The Morgan fingerprint density at radius 1 is 1.28 bits per heavy atom. The monoisotopic (exact) mass is 348 g/mol. The maximum Gasteiger partial charge on any atom is 0.331 e. The Morgan fingerprint density at radius 2 is 2.04 bits per heavy atom. The summed E-state index contributed by atoms with van der Waals surface area (Å²) in [6.45, 7) is 6.60. The van der Waals surface area contributed by atoms with Crippen molar-refractivity contribution in [2.24, 2.45) is 22.7 Å². The number of rotatable bonds is 3. The second-order valence-corrected chi connectivity index (χ2v) is 9.08. The van der Waals surface area contributed by atoms with Gasteiger partial charge in [0.15, 0.2) is 0 Å². The zero-order chi connectivity index (χ0) is 18.0. The quantitative estimate of drug-likeness (QED) is 0.794. The summed E-state index contributed by atoms with van der Waals surface area (Å²) in [5.41, 5.74) is -0.736. The van der Waals surface area contributed by atoms with E-state index in [2.05, 4.69) is 13.8 Å². The number of ether oxygens (including phenoxy) is 2. The van der Waals surface area contributed by atoms with Crippen molar-refractivity contribution in [2.75, 3.05) is 6.61 Å². The molecule has 25 heavy (non-hydrogen) atoms. The van der Waals surface area contributed by atoms with Crippen LogP contribution in [-0.4, -0.2) is 35.4 Å². The van der Waals surface area contributed by atoms with E-state index < -0.39 is 11.0 Å². The normalized spacial score (nSPS) is 48.6. The van der Waals surface area contributed by atoms with Crippen molar-refractivity contribution in [1.29, 1.82) is 0 Å². The Balaban J connectivity index is 1.66. The summed E-state index contributed by atoms with van der Waals surface area (Å²) in [4.78, 5) is 23.9. The number of esters is 2. The highest BCUT2D eigenvalue weighted by molar-refractivity contribution is 5.85. The molecular weight excluding hydrogens is 320 g/mol. The van der Waals surface area contributed by atoms with Crippen molar-refractivity contribution in [2.45, 2.75) is 71.0 Å². The molecule has 1 saturated heterocycles. The fourth-order valence-electron chi connectivity index (χ4n) is 6.44. The lowest BCUT2D eigenvalue weighted by Crippen LogP contribution is -2.65. The molecule has 138 valence electrons. The van der Waals surface area contributed by atoms with Crippen LogP contribution in [0.2, 0.25) is 0 Å². The lowest BCUT2D eigenvalue weighted by Gasteiger charge is -2.61. The van der Waals surface area contributed by atoms with E-state index in [1.807, 2.05) is 6.92 Å². The maximum atomic E-state index is 12.6. The highest BCUT2D eigenvalue weighted by Gasteiger charge is 2.70. The predicted octanol–water partition coefficient (Wildman–Crippen LogP) is 2.76. The van der Waals surface area contributed by atoms with Crippen LogP contribution in [0.1, 0.15) is 59.3 Å². The lowest BCUT2D eigenvalue weighted by molar-refractivity contribution is -0.217. The standard InChI is InChI=1S/C20H28O5/c1-12-9-14-16-18(2,17(22)25-14)6-4-7-19(16,3)20(12,23)8-5-13-10-15(21)24-11-13/h10,12,14,16,23H,4-9,11H2,1-3H3/t12-,14?,16?,18+,19+,20-/m1/s1. The predicted molar refractivity (Wildman–Crippen MR) is 90.4 cm³/mol. The molecule has 2 aliphatic carbocycles. The largest absolute Gasteiger partial charge is 0.462 e. The third-order valence-electron chi connectivity index (χ3n) is 7.80. The van der Waals surface area contributed by atoms with E-state index in [1.54, 1.807) is 6.08 Å². The van der Waals surface area contributed by atoms with Gasteiger partial charge in [0.05, 0.1) is 11.0 Å². The lowest BCUT2D eigenvalue weighted by atomic mass is 9.44. The molecule has 0 spiro atoms. The van der Waals surface area contributed by atoms with Gasteiger partial charge in [0.2, 0.25) is 0 Å². The molecule has 4 rings (SSSR count). The van der Waals surface area contributed by atoms with Gasteiger partial charge >= 0.3 is 11.9 Å². The first-order chi connectivity index (χ1) is 11.7. The van der Waals surface area contributed by atoms with Gasteiger partial charge in [-0.05, 0) is 50.5 Å². The number of hydrogen-bond donors (Lipinski definition) is 1. The van der Waals surface area contributed by atoms with E-state index in [0.29, 0.717) is 25.9 Å². The van der Waals surface area contributed by atoms with Crippen molar-refractivity contribution >= 4 is 11.9 Å². The number of cyclic esters (lactones) is 1. The SMILES string of the molecule is C[C@@H]1CC2OC(=O)[C@@]3(C)CCC[C@@](C)(C23)[C@@]1(O)CCC1=CC(=O)OC1. The van der Waals surface area contributed by atoms with Gasteiger partial charge in [0, 0.05) is 17.4 Å². The van der Waals surface area contributed by atoms with Crippen molar-refractivity contribution < 1.29 is 24.2 Å². The molecule has 0 radical (unpaired) electrons. The topological polar surface area (TPSA) is 72.8 Å². The minimum Gasteiger partial charge on any atom is -0.462 e. The minimum atomic E-state index is -0.865. The second-order valence-electron chi connectivity index (χ2n) is 9.08. The molecule has 0 aromatic carbocycles. The molecular formula is C20H28O5. The van der Waals surface area contributed by atoms with Crippen LogP contribution in [0.25, 0.3) is 0 Å².